The van der Waals surface area contributed by atoms with E-state index in [4.69, 9.17) is 13.8 Å². The number of hydrogen-bond donors (Lipinski definition) is 0. The number of esters is 1. The van der Waals surface area contributed by atoms with E-state index in [1.807, 2.05) is 13.0 Å². The summed E-state index contributed by atoms with van der Waals surface area (Å²) in [6.45, 7) is 9.32. The van der Waals surface area contributed by atoms with Gasteiger partial charge in [0.2, 0.25) is 0 Å². The minimum Gasteiger partial charge on any atom is -0.462 e. The lowest BCUT2D eigenvalue weighted by Crippen LogP contribution is -2.19. The Morgan fingerprint density at radius 3 is 2.37 bits per heavy atom. The second-order valence-electron chi connectivity index (χ2n) is 4.12. The van der Waals surface area contributed by atoms with Crippen molar-refractivity contribution >= 4 is 13.6 Å². The van der Waals surface area contributed by atoms with Gasteiger partial charge in [-0.25, -0.2) is 0 Å². The van der Waals surface area contributed by atoms with E-state index in [-0.39, 0.29) is 25.5 Å². The Hall–Kier alpha value is -0.640. The number of hydrogen-bond acceptors (Lipinski definition) is 5. The fraction of sp³-hybridized carbons (Fsp3) is 0.769. The van der Waals surface area contributed by atoms with Gasteiger partial charge in [-0.2, -0.15) is 0 Å². The smallest absolute Gasteiger partial charge is 0.341 e. The van der Waals surface area contributed by atoms with Crippen molar-refractivity contribution in [1.29, 1.82) is 0 Å². The van der Waals surface area contributed by atoms with Crippen molar-refractivity contribution in [2.24, 2.45) is 0 Å². The van der Waals surface area contributed by atoms with Gasteiger partial charge >= 0.3 is 13.6 Å². The molecule has 0 aliphatic rings. The van der Waals surface area contributed by atoms with Crippen LogP contribution in [0, 0.1) is 0 Å². The van der Waals surface area contributed by atoms with E-state index >= 15 is 0 Å². The van der Waals surface area contributed by atoms with Crippen molar-refractivity contribution in [3.8, 4) is 0 Å². The van der Waals surface area contributed by atoms with Gasteiger partial charge < -0.3 is 13.8 Å². The molecule has 0 aliphatic carbocycles. The summed E-state index contributed by atoms with van der Waals surface area (Å²) in [4.78, 5) is 11.7. The molecule has 0 unspecified atom stereocenters. The molecule has 0 aromatic carbocycles. The van der Waals surface area contributed by atoms with Crippen molar-refractivity contribution in [3.05, 3.63) is 12.7 Å². The molecule has 0 bridgehead atoms. The van der Waals surface area contributed by atoms with Crippen LogP contribution in [0.3, 0.4) is 0 Å². The highest BCUT2D eigenvalue weighted by Gasteiger charge is 2.29. The predicted molar refractivity (Wildman–Crippen MR) is 75.3 cm³/mol. The standard InChI is InChI=1S/C13H25O5P/c1-5-8-9-10-12(4)18-13(14)11-19(15,16-6-2)17-7-3/h5,12H,1,6-11H2,2-4H3/t12-/m0/s1. The van der Waals surface area contributed by atoms with Crippen LogP contribution in [0.25, 0.3) is 0 Å². The van der Waals surface area contributed by atoms with E-state index in [2.05, 4.69) is 6.58 Å². The number of carbonyl (C=O) groups is 1. The fourth-order valence-corrected chi connectivity index (χ4v) is 2.98. The third-order valence-corrected chi connectivity index (χ3v) is 4.27. The van der Waals surface area contributed by atoms with Crippen LogP contribution in [0.2, 0.25) is 0 Å². The van der Waals surface area contributed by atoms with Gasteiger partial charge in [0.25, 0.3) is 0 Å². The van der Waals surface area contributed by atoms with Gasteiger partial charge in [-0.1, -0.05) is 6.08 Å². The van der Waals surface area contributed by atoms with Crippen molar-refractivity contribution in [1.82, 2.24) is 0 Å². The second-order valence-corrected chi connectivity index (χ2v) is 6.18. The van der Waals surface area contributed by atoms with Crippen molar-refractivity contribution < 1.29 is 23.1 Å². The molecule has 0 fully saturated rings. The first-order valence-electron chi connectivity index (χ1n) is 6.66. The van der Waals surface area contributed by atoms with E-state index < -0.39 is 13.6 Å². The lowest BCUT2D eigenvalue weighted by atomic mass is 10.2. The van der Waals surface area contributed by atoms with Crippen molar-refractivity contribution in [2.45, 2.75) is 46.1 Å². The highest BCUT2D eigenvalue weighted by Crippen LogP contribution is 2.47. The normalized spacial score (nSPS) is 13.0. The van der Waals surface area contributed by atoms with E-state index in [1.54, 1.807) is 13.8 Å². The van der Waals surface area contributed by atoms with E-state index in [0.29, 0.717) is 0 Å². The molecular weight excluding hydrogens is 267 g/mol. The van der Waals surface area contributed by atoms with E-state index in [1.165, 1.54) is 0 Å². The fourth-order valence-electron chi connectivity index (χ4n) is 1.55. The summed E-state index contributed by atoms with van der Waals surface area (Å²) in [6.07, 6.45) is 3.84. The van der Waals surface area contributed by atoms with Gasteiger partial charge in [0.05, 0.1) is 19.3 Å². The summed E-state index contributed by atoms with van der Waals surface area (Å²) < 4.78 is 27.4. The molecule has 0 rings (SSSR count). The number of rotatable bonds is 11. The maximum absolute atomic E-state index is 12.1. The Balaban J connectivity index is 4.18. The lowest BCUT2D eigenvalue weighted by Gasteiger charge is -2.18. The zero-order valence-corrected chi connectivity index (χ0v) is 13.0. The number of ether oxygens (including phenoxy) is 1. The van der Waals surface area contributed by atoms with Crippen molar-refractivity contribution in [3.63, 3.8) is 0 Å². The molecule has 0 spiro atoms. The van der Waals surface area contributed by atoms with Gasteiger partial charge in [0.1, 0.15) is 6.16 Å². The van der Waals surface area contributed by atoms with Gasteiger partial charge in [0, 0.05) is 0 Å². The van der Waals surface area contributed by atoms with Gasteiger partial charge in [-0.05, 0) is 40.0 Å². The molecule has 0 amide bonds. The summed E-state index contributed by atoms with van der Waals surface area (Å²) in [5.74, 6) is -0.545. The minimum atomic E-state index is -3.35. The molecule has 19 heavy (non-hydrogen) atoms. The van der Waals surface area contributed by atoms with Crippen LogP contribution in [-0.4, -0.2) is 31.4 Å². The molecule has 0 aromatic heterocycles. The first-order valence-corrected chi connectivity index (χ1v) is 8.38. The maximum atomic E-state index is 12.1. The summed E-state index contributed by atoms with van der Waals surface area (Å²) in [7, 11) is -3.35. The Bertz CT molecular complexity index is 306. The molecule has 1 atom stereocenters. The third kappa shape index (κ3) is 8.98. The molecule has 0 aliphatic heterocycles. The summed E-state index contributed by atoms with van der Waals surface area (Å²) >= 11 is 0. The van der Waals surface area contributed by atoms with E-state index in [9.17, 15) is 9.36 Å². The first-order chi connectivity index (χ1) is 8.97. The zero-order valence-electron chi connectivity index (χ0n) is 12.1. The minimum absolute atomic E-state index is 0.204. The quantitative estimate of drug-likeness (QED) is 0.252. The molecule has 112 valence electrons. The van der Waals surface area contributed by atoms with Crippen LogP contribution in [0.15, 0.2) is 12.7 Å². The number of carbonyl (C=O) groups excluding carboxylic acids is 1. The molecule has 0 aromatic rings. The number of unbranched alkanes of at least 4 members (excludes halogenated alkanes) is 1. The Labute approximate surface area is 115 Å². The summed E-state index contributed by atoms with van der Waals surface area (Å²) in [6, 6.07) is 0. The number of allylic oxidation sites excluding steroid dienone is 1. The maximum Gasteiger partial charge on any atom is 0.341 e. The van der Waals surface area contributed by atoms with Gasteiger partial charge in [0.15, 0.2) is 0 Å². The molecular formula is C13H25O5P. The average Bonchev–Trinajstić information content (AvgIpc) is 2.29. The predicted octanol–water partition coefficient (Wildman–Crippen LogP) is 3.54. The monoisotopic (exact) mass is 292 g/mol. The Morgan fingerprint density at radius 2 is 1.89 bits per heavy atom. The lowest BCUT2D eigenvalue weighted by molar-refractivity contribution is -0.145. The van der Waals surface area contributed by atoms with Gasteiger partial charge in [-0.3, -0.25) is 9.36 Å². The van der Waals surface area contributed by atoms with E-state index in [0.717, 1.165) is 19.3 Å². The molecule has 6 heteroatoms. The Kier molecular flexibility index (Phi) is 9.84. The first kappa shape index (κ1) is 18.4. The molecule has 0 saturated carbocycles. The molecule has 5 nitrogen and oxygen atoms in total. The summed E-state index contributed by atoms with van der Waals surface area (Å²) in [5.41, 5.74) is 0. The van der Waals surface area contributed by atoms with Crippen LogP contribution in [0.5, 0.6) is 0 Å². The van der Waals surface area contributed by atoms with Crippen LogP contribution in [0.1, 0.15) is 40.0 Å². The van der Waals surface area contributed by atoms with Crippen LogP contribution in [-0.2, 0) is 23.1 Å². The van der Waals surface area contributed by atoms with Crippen LogP contribution >= 0.6 is 7.60 Å². The highest BCUT2D eigenvalue weighted by atomic mass is 31.2. The second kappa shape index (κ2) is 10.2. The topological polar surface area (TPSA) is 61.8 Å². The Morgan fingerprint density at radius 1 is 1.32 bits per heavy atom. The molecule has 0 N–H and O–H groups in total. The van der Waals surface area contributed by atoms with Crippen LogP contribution < -0.4 is 0 Å². The zero-order chi connectivity index (χ0) is 14.7. The summed E-state index contributed by atoms with van der Waals surface area (Å²) in [5, 5.41) is 0. The highest BCUT2D eigenvalue weighted by molar-refractivity contribution is 7.54. The molecule has 0 radical (unpaired) electrons. The average molecular weight is 292 g/mol. The van der Waals surface area contributed by atoms with Crippen molar-refractivity contribution in [2.75, 3.05) is 19.4 Å². The van der Waals surface area contributed by atoms with Crippen LogP contribution in [0.4, 0.5) is 0 Å². The molecule has 0 heterocycles. The third-order valence-electron chi connectivity index (χ3n) is 2.33. The SMILES string of the molecule is C=CCCC[C@H](C)OC(=O)CP(=O)(OCC)OCC. The van der Waals surface area contributed by atoms with Gasteiger partial charge in [-0.15, -0.1) is 6.58 Å². The largest absolute Gasteiger partial charge is 0.462 e. The molecule has 0 saturated heterocycles.